The molecule has 0 N–H and O–H groups in total. The summed E-state index contributed by atoms with van der Waals surface area (Å²) in [5, 5.41) is 0. The molecule has 0 aromatic heterocycles. The molecule has 0 amide bonds. The molecule has 0 radical (unpaired) electrons. The van der Waals surface area contributed by atoms with Crippen molar-refractivity contribution in [2.24, 2.45) is 5.41 Å². The Bertz CT molecular complexity index is 548. The van der Waals surface area contributed by atoms with Crippen LogP contribution in [-0.2, 0) is 14.3 Å². The molecule has 1 spiro atoms. The van der Waals surface area contributed by atoms with E-state index in [2.05, 4.69) is 17.9 Å². The number of allylic oxidation sites excluding steroid dienone is 2. The molecule has 2 heterocycles. The SMILES string of the molecule is COC(OC)C1CCC2N1[C@@H]1C=C(C)C3=CC(=O)C[C@@]32C1. The van der Waals surface area contributed by atoms with Crippen molar-refractivity contribution in [2.45, 2.75) is 57.0 Å². The van der Waals surface area contributed by atoms with E-state index in [9.17, 15) is 4.79 Å². The fourth-order valence-corrected chi connectivity index (χ4v) is 5.47. The van der Waals surface area contributed by atoms with E-state index in [1.807, 2.05) is 6.08 Å². The predicted octanol–water partition coefficient (Wildman–Crippen LogP) is 2.06. The van der Waals surface area contributed by atoms with Gasteiger partial charge in [0.15, 0.2) is 12.1 Å². The molecule has 4 aliphatic rings. The summed E-state index contributed by atoms with van der Waals surface area (Å²) in [6, 6.07) is 1.19. The van der Waals surface area contributed by atoms with E-state index in [0.29, 0.717) is 30.3 Å². The third-order valence-corrected chi connectivity index (χ3v) is 6.05. The third-order valence-electron chi connectivity index (χ3n) is 6.05. The van der Waals surface area contributed by atoms with Gasteiger partial charge in [0.05, 0.1) is 6.04 Å². The second-order valence-corrected chi connectivity index (χ2v) is 6.93. The molecule has 2 aliphatic carbocycles. The van der Waals surface area contributed by atoms with Crippen molar-refractivity contribution in [3.8, 4) is 0 Å². The monoisotopic (exact) mass is 289 g/mol. The second kappa shape index (κ2) is 4.51. The Balaban J connectivity index is 1.75. The van der Waals surface area contributed by atoms with Crippen molar-refractivity contribution in [3.63, 3.8) is 0 Å². The van der Waals surface area contributed by atoms with Gasteiger partial charge in [0.2, 0.25) is 0 Å². The van der Waals surface area contributed by atoms with Gasteiger partial charge in [-0.1, -0.05) is 6.08 Å². The minimum absolute atomic E-state index is 0.0708. The number of hydrogen-bond donors (Lipinski definition) is 0. The highest BCUT2D eigenvalue weighted by Crippen LogP contribution is 2.61. The van der Waals surface area contributed by atoms with Crippen molar-refractivity contribution in [1.82, 2.24) is 4.90 Å². The van der Waals surface area contributed by atoms with Crippen molar-refractivity contribution in [3.05, 3.63) is 23.3 Å². The molecular formula is C17H23NO3. The Morgan fingerprint density at radius 3 is 2.81 bits per heavy atom. The summed E-state index contributed by atoms with van der Waals surface area (Å²) in [4.78, 5) is 14.7. The summed E-state index contributed by atoms with van der Waals surface area (Å²) in [6.07, 6.45) is 8.08. The van der Waals surface area contributed by atoms with Crippen LogP contribution in [0.25, 0.3) is 0 Å². The first kappa shape index (κ1) is 13.7. The molecule has 21 heavy (non-hydrogen) atoms. The van der Waals surface area contributed by atoms with Crippen LogP contribution in [0.1, 0.15) is 32.6 Å². The molecular weight excluding hydrogens is 266 g/mol. The number of methoxy groups -OCH3 is 2. The van der Waals surface area contributed by atoms with Crippen LogP contribution in [-0.4, -0.2) is 49.3 Å². The molecule has 0 aromatic rings. The molecule has 2 fully saturated rings. The van der Waals surface area contributed by atoms with Gasteiger partial charge in [-0.3, -0.25) is 9.69 Å². The number of rotatable bonds is 3. The van der Waals surface area contributed by atoms with Gasteiger partial charge >= 0.3 is 0 Å². The highest BCUT2D eigenvalue weighted by molar-refractivity contribution is 5.96. The summed E-state index contributed by atoms with van der Waals surface area (Å²) in [6.45, 7) is 2.16. The van der Waals surface area contributed by atoms with E-state index < -0.39 is 0 Å². The van der Waals surface area contributed by atoms with Gasteiger partial charge in [-0.15, -0.1) is 0 Å². The fraction of sp³-hybridized carbons (Fsp3) is 0.706. The van der Waals surface area contributed by atoms with E-state index in [1.165, 1.54) is 11.1 Å². The zero-order valence-electron chi connectivity index (χ0n) is 13.0. The van der Waals surface area contributed by atoms with E-state index in [4.69, 9.17) is 9.47 Å². The van der Waals surface area contributed by atoms with Crippen molar-refractivity contribution in [2.75, 3.05) is 14.2 Å². The first-order chi connectivity index (χ1) is 10.1. The number of ketones is 1. The van der Waals surface area contributed by atoms with E-state index in [-0.39, 0.29) is 11.7 Å². The van der Waals surface area contributed by atoms with Crippen molar-refractivity contribution >= 4 is 5.78 Å². The van der Waals surface area contributed by atoms with Crippen LogP contribution in [0.15, 0.2) is 23.3 Å². The highest BCUT2D eigenvalue weighted by Gasteiger charge is 2.62. The van der Waals surface area contributed by atoms with Crippen LogP contribution in [0.5, 0.6) is 0 Å². The van der Waals surface area contributed by atoms with Crippen LogP contribution in [0.2, 0.25) is 0 Å². The lowest BCUT2D eigenvalue weighted by molar-refractivity contribution is -0.143. The number of carbonyl (C=O) groups excluding carboxylic acids is 1. The molecule has 114 valence electrons. The van der Waals surface area contributed by atoms with Gasteiger partial charge < -0.3 is 9.47 Å². The Labute approximate surface area is 125 Å². The zero-order chi connectivity index (χ0) is 14.8. The molecule has 2 saturated heterocycles. The third kappa shape index (κ3) is 1.64. The lowest BCUT2D eigenvalue weighted by Gasteiger charge is -2.35. The van der Waals surface area contributed by atoms with Gasteiger partial charge in [0.25, 0.3) is 0 Å². The highest BCUT2D eigenvalue weighted by atomic mass is 16.7. The molecule has 0 aromatic carbocycles. The first-order valence-electron chi connectivity index (χ1n) is 7.87. The molecule has 4 atom stereocenters. The van der Waals surface area contributed by atoms with Gasteiger partial charge in [-0.25, -0.2) is 0 Å². The summed E-state index contributed by atoms with van der Waals surface area (Å²) < 4.78 is 11.1. The summed E-state index contributed by atoms with van der Waals surface area (Å²) in [7, 11) is 3.43. The molecule has 2 bridgehead atoms. The Kier molecular flexibility index (Phi) is 2.94. The molecule has 4 heteroatoms. The van der Waals surface area contributed by atoms with E-state index >= 15 is 0 Å². The van der Waals surface area contributed by atoms with Crippen molar-refractivity contribution in [1.29, 1.82) is 0 Å². The van der Waals surface area contributed by atoms with Gasteiger partial charge in [-0.05, 0) is 43.4 Å². The first-order valence-corrected chi connectivity index (χ1v) is 7.87. The number of hydrogen-bond acceptors (Lipinski definition) is 4. The summed E-state index contributed by atoms with van der Waals surface area (Å²) >= 11 is 0. The maximum absolute atomic E-state index is 12.1. The minimum Gasteiger partial charge on any atom is -0.354 e. The fourth-order valence-electron chi connectivity index (χ4n) is 5.47. The van der Waals surface area contributed by atoms with E-state index in [0.717, 1.165) is 19.3 Å². The maximum atomic E-state index is 12.1. The predicted molar refractivity (Wildman–Crippen MR) is 78.8 cm³/mol. The van der Waals surface area contributed by atoms with Gasteiger partial charge in [-0.2, -0.15) is 0 Å². The number of fused-ring (bicyclic) bond motifs is 3. The van der Waals surface area contributed by atoms with Crippen LogP contribution in [0.3, 0.4) is 0 Å². The molecule has 2 aliphatic heterocycles. The van der Waals surface area contributed by atoms with Crippen LogP contribution >= 0.6 is 0 Å². The lowest BCUT2D eigenvalue weighted by Crippen LogP contribution is -2.46. The zero-order valence-corrected chi connectivity index (χ0v) is 13.0. The topological polar surface area (TPSA) is 38.8 Å². The normalized spacial score (nSPS) is 41.3. The Morgan fingerprint density at radius 1 is 1.33 bits per heavy atom. The lowest BCUT2D eigenvalue weighted by atomic mass is 9.68. The van der Waals surface area contributed by atoms with Crippen LogP contribution < -0.4 is 0 Å². The Morgan fingerprint density at radius 2 is 2.10 bits per heavy atom. The van der Waals surface area contributed by atoms with E-state index in [1.54, 1.807) is 14.2 Å². The number of carbonyl (C=O) groups is 1. The average Bonchev–Trinajstić information content (AvgIpc) is 3.08. The Hall–Kier alpha value is -0.970. The van der Waals surface area contributed by atoms with Crippen LogP contribution in [0, 0.1) is 5.41 Å². The number of nitrogens with zero attached hydrogens (tertiary/aromatic N) is 1. The van der Waals surface area contributed by atoms with Gasteiger partial charge in [0, 0.05) is 38.1 Å². The number of ether oxygens (including phenoxy) is 2. The maximum Gasteiger partial charge on any atom is 0.172 e. The largest absolute Gasteiger partial charge is 0.354 e. The summed E-state index contributed by atoms with van der Waals surface area (Å²) in [5.41, 5.74) is 2.68. The molecule has 4 rings (SSSR count). The van der Waals surface area contributed by atoms with Crippen molar-refractivity contribution < 1.29 is 14.3 Å². The quantitative estimate of drug-likeness (QED) is 0.746. The second-order valence-electron chi connectivity index (χ2n) is 6.93. The minimum atomic E-state index is -0.177. The van der Waals surface area contributed by atoms with Gasteiger partial charge in [0.1, 0.15) is 0 Å². The smallest absolute Gasteiger partial charge is 0.172 e. The summed E-state index contributed by atoms with van der Waals surface area (Å²) in [5.74, 6) is 0.304. The van der Waals surface area contributed by atoms with Crippen LogP contribution in [0.4, 0.5) is 0 Å². The average molecular weight is 289 g/mol. The molecule has 0 saturated carbocycles. The molecule has 4 nitrogen and oxygen atoms in total. The molecule has 2 unspecified atom stereocenters. The standard InChI is InChI=1S/C17H23NO3/c1-10-6-11-8-17(9-12(19)7-13(10)17)15-5-4-14(18(11)15)16(20-2)21-3/h6-7,11,14-16H,4-5,8-9H2,1-3H3/t11-,14?,15?,17+/m1/s1.